The predicted octanol–water partition coefficient (Wildman–Crippen LogP) is 2.54. The second-order valence-electron chi connectivity index (χ2n) is 8.57. The molecule has 2 aromatic heterocycles. The number of pyridine rings is 1. The third-order valence-electron chi connectivity index (χ3n) is 6.83. The second-order valence-corrected chi connectivity index (χ2v) is 8.57. The van der Waals surface area contributed by atoms with E-state index in [9.17, 15) is 10.1 Å². The Hall–Kier alpha value is -3.84. The van der Waals surface area contributed by atoms with Crippen molar-refractivity contribution in [2.45, 2.75) is 18.1 Å². The lowest BCUT2D eigenvalue weighted by Gasteiger charge is -2.15. The molecule has 3 aliphatic rings. The first-order valence-corrected chi connectivity index (χ1v) is 10.7. The number of benzene rings is 1. The molecule has 1 unspecified atom stereocenters. The Morgan fingerprint density at radius 3 is 2.76 bits per heavy atom. The molecule has 0 bridgehead atoms. The van der Waals surface area contributed by atoms with Gasteiger partial charge in [0.05, 0.1) is 50.0 Å². The molecule has 0 radical (unpaired) electrons. The Morgan fingerprint density at radius 1 is 1.24 bits per heavy atom. The van der Waals surface area contributed by atoms with Crippen molar-refractivity contribution in [2.24, 2.45) is 11.8 Å². The van der Waals surface area contributed by atoms with Crippen LogP contribution in [0.4, 0.5) is 14.9 Å². The van der Waals surface area contributed by atoms with Crippen LogP contribution in [0.25, 0.3) is 11.1 Å². The summed E-state index contributed by atoms with van der Waals surface area (Å²) in [6.07, 6.45) is 3.90. The number of hydrogen-bond donors (Lipinski definition) is 0. The molecule has 1 amide bonds. The monoisotopic (exact) mass is 446 g/mol. The van der Waals surface area contributed by atoms with Crippen molar-refractivity contribution in [3.8, 4) is 17.2 Å². The summed E-state index contributed by atoms with van der Waals surface area (Å²) in [4.78, 5) is 18.2. The van der Waals surface area contributed by atoms with Gasteiger partial charge >= 0.3 is 6.09 Å². The van der Waals surface area contributed by atoms with Crippen molar-refractivity contribution in [1.29, 1.82) is 5.26 Å². The van der Waals surface area contributed by atoms with E-state index in [1.165, 1.54) is 11.0 Å². The van der Waals surface area contributed by atoms with Crippen LogP contribution in [0.5, 0.6) is 0 Å². The van der Waals surface area contributed by atoms with Crippen LogP contribution in [0.3, 0.4) is 0 Å². The maximum absolute atomic E-state index is 15.0. The van der Waals surface area contributed by atoms with E-state index in [0.29, 0.717) is 42.3 Å². The van der Waals surface area contributed by atoms with Crippen LogP contribution < -0.4 is 4.90 Å². The summed E-state index contributed by atoms with van der Waals surface area (Å²) in [7, 11) is 0. The fourth-order valence-electron chi connectivity index (χ4n) is 5.03. The molecule has 0 N–H and O–H groups in total. The summed E-state index contributed by atoms with van der Waals surface area (Å²) in [5.41, 5.74) is 1.52. The molecule has 4 atom stereocenters. The minimum atomic E-state index is -0.585. The van der Waals surface area contributed by atoms with Crippen LogP contribution in [0, 0.1) is 29.0 Å². The quantitative estimate of drug-likeness (QED) is 0.593. The van der Waals surface area contributed by atoms with Gasteiger partial charge in [0.15, 0.2) is 0 Å². The predicted molar refractivity (Wildman–Crippen MR) is 112 cm³/mol. The van der Waals surface area contributed by atoms with Crippen molar-refractivity contribution in [3.05, 3.63) is 60.4 Å². The zero-order valence-electron chi connectivity index (χ0n) is 17.5. The minimum Gasteiger partial charge on any atom is -0.442 e. The molecular formula is C23H19FN6O3. The van der Waals surface area contributed by atoms with Gasteiger partial charge in [-0.05, 0) is 24.3 Å². The van der Waals surface area contributed by atoms with Crippen LogP contribution in [0.1, 0.15) is 5.69 Å². The van der Waals surface area contributed by atoms with Crippen molar-refractivity contribution in [1.82, 2.24) is 20.0 Å². The van der Waals surface area contributed by atoms with Gasteiger partial charge in [-0.15, -0.1) is 5.10 Å². The molecule has 6 rings (SSSR count). The minimum absolute atomic E-state index is 0.186. The number of anilines is 1. The molecule has 1 saturated carbocycles. The lowest BCUT2D eigenvalue weighted by atomic mass is 9.96. The SMILES string of the molecule is N#CC1(c2ccc(-c3ccc(N4C[C@H](Cn5ccnn5)OC4=O)cc3F)cn2)[C@@H]2COC[C@@H]21. The second kappa shape index (κ2) is 7.35. The number of fused-ring (bicyclic) bond motifs is 1. The van der Waals surface area contributed by atoms with E-state index in [4.69, 9.17) is 9.47 Å². The Kier molecular flexibility index (Phi) is 4.41. The maximum atomic E-state index is 15.0. The van der Waals surface area contributed by atoms with E-state index < -0.39 is 23.4 Å². The molecule has 2 saturated heterocycles. The molecule has 1 aliphatic carbocycles. The molecule has 33 heavy (non-hydrogen) atoms. The molecule has 2 aliphatic heterocycles. The summed E-state index contributed by atoms with van der Waals surface area (Å²) in [6.45, 7) is 1.82. The summed E-state index contributed by atoms with van der Waals surface area (Å²) in [6, 6.07) is 10.6. The number of cyclic esters (lactones) is 1. The zero-order chi connectivity index (χ0) is 22.6. The first kappa shape index (κ1) is 19.8. The number of halogens is 1. The number of ether oxygens (including phenoxy) is 2. The van der Waals surface area contributed by atoms with Crippen LogP contribution in [0.15, 0.2) is 48.9 Å². The van der Waals surface area contributed by atoms with E-state index in [2.05, 4.69) is 21.4 Å². The van der Waals surface area contributed by atoms with Gasteiger partial charge in [0.1, 0.15) is 17.3 Å². The van der Waals surface area contributed by atoms with Crippen molar-refractivity contribution in [2.75, 3.05) is 24.7 Å². The average Bonchev–Trinajstić information content (AvgIpc) is 3.35. The van der Waals surface area contributed by atoms with Gasteiger partial charge in [-0.25, -0.2) is 13.9 Å². The maximum Gasteiger partial charge on any atom is 0.414 e. The summed E-state index contributed by atoms with van der Waals surface area (Å²) in [5, 5.41) is 17.3. The third kappa shape index (κ3) is 3.08. The molecule has 4 heterocycles. The molecule has 10 heteroatoms. The van der Waals surface area contributed by atoms with Crippen LogP contribution in [-0.2, 0) is 21.4 Å². The Morgan fingerprint density at radius 2 is 2.09 bits per heavy atom. The highest BCUT2D eigenvalue weighted by molar-refractivity contribution is 5.90. The normalized spacial score (nSPS) is 27.8. The number of nitriles is 1. The smallest absolute Gasteiger partial charge is 0.414 e. The van der Waals surface area contributed by atoms with E-state index >= 15 is 4.39 Å². The van der Waals surface area contributed by atoms with Crippen LogP contribution in [-0.4, -0.2) is 51.9 Å². The van der Waals surface area contributed by atoms with Gasteiger partial charge in [-0.1, -0.05) is 11.3 Å². The first-order valence-electron chi connectivity index (χ1n) is 10.7. The van der Waals surface area contributed by atoms with Crippen molar-refractivity contribution in [3.63, 3.8) is 0 Å². The fourth-order valence-corrected chi connectivity index (χ4v) is 5.03. The lowest BCUT2D eigenvalue weighted by molar-refractivity contribution is 0.129. The largest absolute Gasteiger partial charge is 0.442 e. The average molecular weight is 446 g/mol. The highest BCUT2D eigenvalue weighted by Crippen LogP contribution is 2.62. The zero-order valence-corrected chi connectivity index (χ0v) is 17.5. The molecule has 166 valence electrons. The Balaban J connectivity index is 1.20. The molecule has 0 spiro atoms. The molecular weight excluding hydrogens is 427 g/mol. The number of nitrogens with zero attached hydrogens (tertiary/aromatic N) is 6. The highest BCUT2D eigenvalue weighted by atomic mass is 19.1. The van der Waals surface area contributed by atoms with E-state index in [1.807, 2.05) is 0 Å². The van der Waals surface area contributed by atoms with E-state index in [-0.39, 0.29) is 18.4 Å². The first-order chi connectivity index (χ1) is 16.1. The van der Waals surface area contributed by atoms with Crippen LogP contribution >= 0.6 is 0 Å². The molecule has 3 aromatic rings. The van der Waals surface area contributed by atoms with Crippen LogP contribution in [0.2, 0.25) is 0 Å². The molecule has 9 nitrogen and oxygen atoms in total. The number of carbonyl (C=O) groups is 1. The summed E-state index contributed by atoms with van der Waals surface area (Å²) in [5.74, 6) is -0.0998. The Labute approximate surface area is 188 Å². The highest BCUT2D eigenvalue weighted by Gasteiger charge is 2.70. The van der Waals surface area contributed by atoms with Gasteiger partial charge < -0.3 is 9.47 Å². The van der Waals surface area contributed by atoms with Gasteiger partial charge in [-0.2, -0.15) is 5.26 Å². The van der Waals surface area contributed by atoms with Gasteiger partial charge in [0.25, 0.3) is 0 Å². The van der Waals surface area contributed by atoms with Crippen molar-refractivity contribution < 1.29 is 18.7 Å². The van der Waals surface area contributed by atoms with E-state index in [0.717, 1.165) is 0 Å². The number of aromatic nitrogens is 4. The van der Waals surface area contributed by atoms with E-state index in [1.54, 1.807) is 47.5 Å². The Bertz CT molecular complexity index is 1250. The standard InChI is InChI=1S/C23H19FN6O3/c24-20-7-15(30-10-16(33-22(30)31)9-29-6-5-27-28-29)2-3-17(20)14-1-4-21(26-8-14)23(13-25)18-11-32-12-19(18)23/h1-8,16,18-19H,9-12H2/t16-,18-,19+,23?/m0/s1. The lowest BCUT2D eigenvalue weighted by Crippen LogP contribution is -2.26. The van der Waals surface area contributed by atoms with Gasteiger partial charge in [0.2, 0.25) is 0 Å². The number of amides is 1. The number of carbonyl (C=O) groups excluding carboxylic acids is 1. The third-order valence-corrected chi connectivity index (χ3v) is 6.83. The van der Waals surface area contributed by atoms with Crippen molar-refractivity contribution >= 4 is 11.8 Å². The fraction of sp³-hybridized carbons (Fsp3) is 0.348. The number of rotatable bonds is 5. The summed E-state index contributed by atoms with van der Waals surface area (Å²) < 4.78 is 27.4. The molecule has 3 fully saturated rings. The summed E-state index contributed by atoms with van der Waals surface area (Å²) >= 11 is 0. The topological polar surface area (TPSA) is 106 Å². The van der Waals surface area contributed by atoms with Gasteiger partial charge in [0, 0.05) is 35.4 Å². The van der Waals surface area contributed by atoms with Gasteiger partial charge in [-0.3, -0.25) is 9.88 Å². The molecule has 1 aromatic carbocycles. The number of hydrogen-bond acceptors (Lipinski definition) is 7.